The van der Waals surface area contributed by atoms with Crippen LogP contribution in [-0.2, 0) is 14.9 Å². The van der Waals surface area contributed by atoms with Crippen LogP contribution >= 0.6 is 15.9 Å². The van der Waals surface area contributed by atoms with Gasteiger partial charge in [-0.3, -0.25) is 4.79 Å². The number of carboxylic acid groups (broad SMARTS) is 1. The molecule has 1 fully saturated rings. The molecule has 2 rings (SSSR count). The Balaban J connectivity index is 2.47. The summed E-state index contributed by atoms with van der Waals surface area (Å²) in [6.07, 6.45) is 0.515. The van der Waals surface area contributed by atoms with Gasteiger partial charge in [-0.15, -0.1) is 0 Å². The van der Waals surface area contributed by atoms with Crippen LogP contribution in [0.15, 0.2) is 22.7 Å². The van der Waals surface area contributed by atoms with Crippen molar-refractivity contribution in [1.29, 1.82) is 0 Å². The minimum atomic E-state index is -1.02. The fraction of sp³-hybridized carbons (Fsp3) is 0.333. The van der Waals surface area contributed by atoms with Gasteiger partial charge in [-0.25, -0.2) is 4.79 Å². The molecule has 0 aliphatic carbocycles. The Hall–Kier alpha value is -1.40. The zero-order valence-electron chi connectivity index (χ0n) is 9.48. The summed E-state index contributed by atoms with van der Waals surface area (Å²) in [6, 6.07) is 4.71. The van der Waals surface area contributed by atoms with Crippen LogP contribution in [0.1, 0.15) is 22.3 Å². The minimum Gasteiger partial charge on any atom is -0.478 e. The number of amides is 1. The fourth-order valence-corrected chi connectivity index (χ4v) is 2.66. The van der Waals surface area contributed by atoms with Gasteiger partial charge in [0.05, 0.1) is 17.6 Å². The average molecular weight is 314 g/mol. The van der Waals surface area contributed by atoms with E-state index in [9.17, 15) is 9.59 Å². The minimum absolute atomic E-state index is 0.150. The van der Waals surface area contributed by atoms with Crippen LogP contribution in [-0.4, -0.2) is 30.2 Å². The number of carboxylic acids is 1. The van der Waals surface area contributed by atoms with Crippen molar-refractivity contribution in [3.8, 4) is 0 Å². The van der Waals surface area contributed by atoms with E-state index < -0.39 is 17.3 Å². The van der Waals surface area contributed by atoms with E-state index in [0.29, 0.717) is 23.1 Å². The van der Waals surface area contributed by atoms with Gasteiger partial charge in [0.2, 0.25) is 5.91 Å². The second kappa shape index (κ2) is 4.70. The topological polar surface area (TPSA) is 89.6 Å². The van der Waals surface area contributed by atoms with Gasteiger partial charge in [-0.05, 0) is 40.0 Å². The highest BCUT2D eigenvalue weighted by molar-refractivity contribution is 9.10. The molecule has 0 radical (unpaired) electrons. The summed E-state index contributed by atoms with van der Waals surface area (Å²) in [7, 11) is 0. The van der Waals surface area contributed by atoms with Crippen LogP contribution in [0.2, 0.25) is 0 Å². The summed E-state index contributed by atoms with van der Waals surface area (Å²) in [6.45, 7) is 0.711. The summed E-state index contributed by atoms with van der Waals surface area (Å²) in [4.78, 5) is 22.6. The smallest absolute Gasteiger partial charge is 0.336 e. The van der Waals surface area contributed by atoms with Crippen LogP contribution in [0.4, 0.5) is 0 Å². The molecule has 1 unspecified atom stereocenters. The maximum atomic E-state index is 11.7. The first kappa shape index (κ1) is 13.0. The molecule has 0 bridgehead atoms. The van der Waals surface area contributed by atoms with E-state index in [1.165, 1.54) is 6.07 Å². The second-order valence-electron chi connectivity index (χ2n) is 4.25. The number of primary amides is 1. The van der Waals surface area contributed by atoms with Crippen molar-refractivity contribution in [2.24, 2.45) is 5.73 Å². The predicted octanol–water partition coefficient (Wildman–Crippen LogP) is 1.29. The van der Waals surface area contributed by atoms with E-state index in [1.807, 2.05) is 0 Å². The van der Waals surface area contributed by atoms with Gasteiger partial charge in [0, 0.05) is 11.1 Å². The van der Waals surface area contributed by atoms with Crippen molar-refractivity contribution in [2.75, 3.05) is 13.2 Å². The first-order chi connectivity index (χ1) is 8.47. The van der Waals surface area contributed by atoms with E-state index in [4.69, 9.17) is 15.6 Å². The van der Waals surface area contributed by atoms with Crippen molar-refractivity contribution in [2.45, 2.75) is 11.8 Å². The van der Waals surface area contributed by atoms with Gasteiger partial charge >= 0.3 is 5.97 Å². The van der Waals surface area contributed by atoms with Crippen LogP contribution in [0.25, 0.3) is 0 Å². The van der Waals surface area contributed by atoms with Gasteiger partial charge in [0.1, 0.15) is 0 Å². The largest absolute Gasteiger partial charge is 0.478 e. The number of carbonyl (C=O) groups is 2. The molecule has 6 heteroatoms. The molecule has 1 heterocycles. The Morgan fingerprint density at radius 3 is 2.61 bits per heavy atom. The van der Waals surface area contributed by atoms with Crippen LogP contribution < -0.4 is 5.73 Å². The molecule has 5 nitrogen and oxygen atoms in total. The van der Waals surface area contributed by atoms with Gasteiger partial charge in [-0.1, -0.05) is 6.07 Å². The quantitative estimate of drug-likeness (QED) is 0.880. The second-order valence-corrected chi connectivity index (χ2v) is 5.10. The summed E-state index contributed by atoms with van der Waals surface area (Å²) < 4.78 is 5.69. The normalized spacial score (nSPS) is 22.9. The molecule has 1 aliphatic rings. The van der Waals surface area contributed by atoms with E-state index >= 15 is 0 Å². The van der Waals surface area contributed by atoms with Crippen molar-refractivity contribution in [3.63, 3.8) is 0 Å². The fourth-order valence-electron chi connectivity index (χ4n) is 2.12. The highest BCUT2D eigenvalue weighted by atomic mass is 79.9. The van der Waals surface area contributed by atoms with Crippen LogP contribution in [0, 0.1) is 0 Å². The van der Waals surface area contributed by atoms with Crippen molar-refractivity contribution in [1.82, 2.24) is 0 Å². The number of aromatic carboxylic acids is 1. The number of ether oxygens (including phenoxy) is 1. The first-order valence-corrected chi connectivity index (χ1v) is 6.18. The lowest BCUT2D eigenvalue weighted by atomic mass is 9.79. The molecule has 1 aromatic rings. The number of nitrogens with two attached hydrogens (primary N) is 1. The van der Waals surface area contributed by atoms with E-state index in [2.05, 4.69) is 15.9 Å². The Bertz CT molecular complexity index is 509. The summed E-state index contributed by atoms with van der Waals surface area (Å²) in [5.41, 5.74) is 5.45. The zero-order valence-corrected chi connectivity index (χ0v) is 11.1. The number of hydrogen-bond donors (Lipinski definition) is 2. The van der Waals surface area contributed by atoms with E-state index in [0.717, 1.165) is 0 Å². The molecule has 1 amide bonds. The molecule has 1 saturated heterocycles. The maximum absolute atomic E-state index is 11.7. The molecule has 0 aromatic heterocycles. The summed E-state index contributed by atoms with van der Waals surface area (Å²) in [5.74, 6) is -1.47. The number of benzene rings is 1. The molecular formula is C12H12BrNO4. The number of rotatable bonds is 3. The lowest BCUT2D eigenvalue weighted by molar-refractivity contribution is -0.123. The molecule has 96 valence electrons. The third-order valence-electron chi connectivity index (χ3n) is 3.25. The molecule has 1 aromatic carbocycles. The van der Waals surface area contributed by atoms with Crippen molar-refractivity contribution < 1.29 is 19.4 Å². The molecule has 1 aliphatic heterocycles. The highest BCUT2D eigenvalue weighted by Crippen LogP contribution is 2.35. The van der Waals surface area contributed by atoms with Crippen LogP contribution in [0.3, 0.4) is 0 Å². The molecule has 3 N–H and O–H groups in total. The highest BCUT2D eigenvalue weighted by Gasteiger charge is 2.42. The molecular weight excluding hydrogens is 302 g/mol. The lowest BCUT2D eigenvalue weighted by Gasteiger charge is -2.24. The Morgan fingerprint density at radius 2 is 2.17 bits per heavy atom. The SMILES string of the molecule is NC(=O)C1(c2ccc(C(=O)O)c(Br)c2)CCOC1. The van der Waals surface area contributed by atoms with Crippen LogP contribution in [0.5, 0.6) is 0 Å². The van der Waals surface area contributed by atoms with E-state index in [-0.39, 0.29) is 12.2 Å². The van der Waals surface area contributed by atoms with Gasteiger partial charge in [0.25, 0.3) is 0 Å². The summed E-state index contributed by atoms with van der Waals surface area (Å²) >= 11 is 3.19. The summed E-state index contributed by atoms with van der Waals surface area (Å²) in [5, 5.41) is 8.95. The molecule has 0 saturated carbocycles. The van der Waals surface area contributed by atoms with Gasteiger partial charge in [0.15, 0.2) is 0 Å². The Morgan fingerprint density at radius 1 is 1.44 bits per heavy atom. The monoisotopic (exact) mass is 313 g/mol. The third kappa shape index (κ3) is 2.02. The van der Waals surface area contributed by atoms with E-state index in [1.54, 1.807) is 12.1 Å². The average Bonchev–Trinajstić information content (AvgIpc) is 2.78. The van der Waals surface area contributed by atoms with Gasteiger partial charge in [-0.2, -0.15) is 0 Å². The molecule has 0 spiro atoms. The number of halogens is 1. The van der Waals surface area contributed by atoms with Crippen molar-refractivity contribution in [3.05, 3.63) is 33.8 Å². The predicted molar refractivity (Wildman–Crippen MR) is 67.4 cm³/mol. The molecule has 1 atom stereocenters. The van der Waals surface area contributed by atoms with Gasteiger partial charge < -0.3 is 15.6 Å². The standard InChI is InChI=1S/C12H12BrNO4/c13-9-5-7(1-2-8(9)10(15)16)12(11(14)17)3-4-18-6-12/h1-2,5H,3-4,6H2,(H2,14,17)(H,15,16). The maximum Gasteiger partial charge on any atom is 0.336 e. The molecule has 18 heavy (non-hydrogen) atoms. The third-order valence-corrected chi connectivity index (χ3v) is 3.90. The number of carbonyl (C=O) groups excluding carboxylic acids is 1. The zero-order chi connectivity index (χ0) is 13.3. The lowest BCUT2D eigenvalue weighted by Crippen LogP contribution is -2.41. The number of hydrogen-bond acceptors (Lipinski definition) is 3. The first-order valence-electron chi connectivity index (χ1n) is 5.38. The Labute approximate surface area is 112 Å². The Kier molecular flexibility index (Phi) is 3.41. The van der Waals surface area contributed by atoms with Crippen molar-refractivity contribution >= 4 is 27.8 Å².